The van der Waals surface area contributed by atoms with Crippen LogP contribution in [0.15, 0.2) is 42.5 Å². The molecule has 0 aliphatic heterocycles. The fourth-order valence-electron chi connectivity index (χ4n) is 2.72. The van der Waals surface area contributed by atoms with Crippen LogP contribution in [0.4, 0.5) is 28.9 Å². The van der Waals surface area contributed by atoms with Crippen molar-refractivity contribution in [2.45, 2.75) is 0 Å². The van der Waals surface area contributed by atoms with Gasteiger partial charge < -0.3 is 15.4 Å². The molecule has 2 N–H and O–H groups in total. The number of halogens is 6. The van der Waals surface area contributed by atoms with Gasteiger partial charge in [-0.15, -0.1) is 0 Å². The van der Waals surface area contributed by atoms with Crippen LogP contribution in [-0.4, -0.2) is 18.9 Å². The molecule has 0 radical (unpaired) electrons. The minimum Gasteiger partial charge on any atom is -0.496 e. The molecule has 2 amide bonds. The number of methoxy groups -OCH3 is 1. The molecule has 0 bridgehead atoms. The standard InChI is InChI=1S/C21H12F4I2N2O3/c1-32-17-3-2-9(20(30)28-18-13(22)5-10(26)6-14(18)23)4-12(17)21(31)29-19-15(24)7-11(27)8-16(19)25/h2-8H,1H3,(H,28,30)(H,29,31). The Morgan fingerprint density at radius 2 is 1.19 bits per heavy atom. The van der Waals surface area contributed by atoms with Crippen LogP contribution in [0.5, 0.6) is 5.75 Å². The van der Waals surface area contributed by atoms with Crippen LogP contribution < -0.4 is 15.4 Å². The molecule has 0 saturated carbocycles. The van der Waals surface area contributed by atoms with Crippen LogP contribution in [0, 0.1) is 30.4 Å². The Kier molecular flexibility index (Phi) is 7.59. The van der Waals surface area contributed by atoms with Gasteiger partial charge in [0.2, 0.25) is 0 Å². The van der Waals surface area contributed by atoms with Gasteiger partial charge in [-0.1, -0.05) is 0 Å². The van der Waals surface area contributed by atoms with Crippen molar-refractivity contribution < 1.29 is 31.9 Å². The molecule has 0 atom stereocenters. The maximum absolute atomic E-state index is 14.1. The number of benzene rings is 3. The van der Waals surface area contributed by atoms with Gasteiger partial charge in [-0.25, -0.2) is 17.6 Å². The molecule has 3 aromatic rings. The zero-order chi connectivity index (χ0) is 23.6. The topological polar surface area (TPSA) is 67.4 Å². The van der Waals surface area contributed by atoms with E-state index in [0.29, 0.717) is 7.14 Å². The van der Waals surface area contributed by atoms with Crippen LogP contribution in [0.1, 0.15) is 20.7 Å². The lowest BCUT2D eigenvalue weighted by Gasteiger charge is -2.13. The van der Waals surface area contributed by atoms with E-state index in [0.717, 1.165) is 30.3 Å². The molecule has 32 heavy (non-hydrogen) atoms. The molecule has 3 aromatic carbocycles. The Bertz CT molecular complexity index is 1190. The highest BCUT2D eigenvalue weighted by Crippen LogP contribution is 2.27. The molecule has 0 unspecified atom stereocenters. The largest absolute Gasteiger partial charge is 0.496 e. The average Bonchev–Trinajstić information content (AvgIpc) is 2.72. The van der Waals surface area contributed by atoms with Crippen molar-refractivity contribution in [1.82, 2.24) is 0 Å². The van der Waals surface area contributed by atoms with E-state index < -0.39 is 46.5 Å². The van der Waals surface area contributed by atoms with Crippen molar-refractivity contribution in [2.24, 2.45) is 0 Å². The number of carbonyl (C=O) groups is 2. The van der Waals surface area contributed by atoms with Gasteiger partial charge in [0.05, 0.1) is 12.7 Å². The summed E-state index contributed by atoms with van der Waals surface area (Å²) in [5, 5.41) is 4.23. The number of anilines is 2. The molecular formula is C21H12F4I2N2O3. The first kappa shape index (κ1) is 24.2. The lowest BCUT2D eigenvalue weighted by atomic mass is 10.1. The maximum Gasteiger partial charge on any atom is 0.259 e. The van der Waals surface area contributed by atoms with Crippen LogP contribution in [0.2, 0.25) is 0 Å². The molecular weight excluding hydrogens is 658 g/mol. The second-order valence-corrected chi connectivity index (χ2v) is 8.80. The molecule has 5 nitrogen and oxygen atoms in total. The summed E-state index contributed by atoms with van der Waals surface area (Å²) in [7, 11) is 1.26. The van der Waals surface area contributed by atoms with Crippen molar-refractivity contribution in [1.29, 1.82) is 0 Å². The zero-order valence-corrected chi connectivity index (χ0v) is 20.3. The van der Waals surface area contributed by atoms with Gasteiger partial charge in [-0.05, 0) is 87.6 Å². The minimum absolute atomic E-state index is 0.0111. The Hall–Kier alpha value is -2.42. The zero-order valence-electron chi connectivity index (χ0n) is 16.0. The monoisotopic (exact) mass is 670 g/mol. The van der Waals surface area contributed by atoms with Gasteiger partial charge >= 0.3 is 0 Å². The summed E-state index contributed by atoms with van der Waals surface area (Å²) in [6, 6.07) is 7.75. The molecule has 0 aromatic heterocycles. The summed E-state index contributed by atoms with van der Waals surface area (Å²) in [4.78, 5) is 25.2. The molecule has 0 spiro atoms. The first-order valence-electron chi connectivity index (χ1n) is 8.70. The summed E-state index contributed by atoms with van der Waals surface area (Å²) in [6.07, 6.45) is 0. The molecule has 3 rings (SSSR count). The first-order chi connectivity index (χ1) is 15.1. The predicted octanol–water partition coefficient (Wildman–Crippen LogP) is 5.97. The van der Waals surface area contributed by atoms with E-state index >= 15 is 0 Å². The van der Waals surface area contributed by atoms with Gasteiger partial charge in [0.15, 0.2) is 23.3 Å². The van der Waals surface area contributed by atoms with Crippen molar-refractivity contribution in [3.63, 3.8) is 0 Å². The van der Waals surface area contributed by atoms with E-state index in [1.54, 1.807) is 45.2 Å². The van der Waals surface area contributed by atoms with E-state index in [-0.39, 0.29) is 16.9 Å². The van der Waals surface area contributed by atoms with E-state index in [4.69, 9.17) is 4.74 Å². The quantitative estimate of drug-likeness (QED) is 0.260. The Balaban J connectivity index is 1.92. The lowest BCUT2D eigenvalue weighted by Crippen LogP contribution is -2.18. The van der Waals surface area contributed by atoms with Crippen molar-refractivity contribution in [2.75, 3.05) is 17.7 Å². The molecule has 0 heterocycles. The van der Waals surface area contributed by atoms with Crippen LogP contribution in [-0.2, 0) is 0 Å². The van der Waals surface area contributed by atoms with E-state index in [1.807, 2.05) is 0 Å². The normalized spacial score (nSPS) is 10.6. The number of carbonyl (C=O) groups excluding carboxylic acids is 2. The van der Waals surface area contributed by atoms with Crippen LogP contribution in [0.3, 0.4) is 0 Å². The van der Waals surface area contributed by atoms with Gasteiger partial charge in [0, 0.05) is 12.7 Å². The number of nitrogens with one attached hydrogen (secondary N) is 2. The van der Waals surface area contributed by atoms with E-state index in [2.05, 4.69) is 10.6 Å². The third kappa shape index (κ3) is 5.31. The smallest absolute Gasteiger partial charge is 0.259 e. The number of rotatable bonds is 5. The SMILES string of the molecule is COc1ccc(C(=O)Nc2c(F)cc(I)cc2F)cc1C(=O)Nc1c(F)cc(I)cc1F. The second-order valence-electron chi connectivity index (χ2n) is 6.31. The highest BCUT2D eigenvalue weighted by atomic mass is 127. The molecule has 11 heteroatoms. The summed E-state index contributed by atoms with van der Waals surface area (Å²) in [5.41, 5.74) is -1.69. The van der Waals surface area contributed by atoms with Crippen molar-refractivity contribution in [3.05, 3.63) is 84.0 Å². The Morgan fingerprint density at radius 1 is 0.750 bits per heavy atom. The van der Waals surface area contributed by atoms with Gasteiger partial charge in [0.25, 0.3) is 11.8 Å². The number of hydrogen-bond donors (Lipinski definition) is 2. The molecule has 166 valence electrons. The number of ether oxygens (including phenoxy) is 1. The lowest BCUT2D eigenvalue weighted by molar-refractivity contribution is 0.102. The van der Waals surface area contributed by atoms with Gasteiger partial charge in [0.1, 0.15) is 17.1 Å². The maximum atomic E-state index is 14.1. The average molecular weight is 670 g/mol. The first-order valence-corrected chi connectivity index (χ1v) is 10.9. The molecule has 0 aliphatic rings. The highest BCUT2D eigenvalue weighted by Gasteiger charge is 2.21. The fourth-order valence-corrected chi connectivity index (χ4v) is 3.81. The van der Waals surface area contributed by atoms with Crippen LogP contribution >= 0.6 is 45.2 Å². The van der Waals surface area contributed by atoms with Gasteiger partial charge in [-0.2, -0.15) is 0 Å². The number of amides is 2. The predicted molar refractivity (Wildman–Crippen MR) is 127 cm³/mol. The Labute approximate surface area is 206 Å². The second kappa shape index (κ2) is 10.0. The third-order valence-electron chi connectivity index (χ3n) is 4.20. The van der Waals surface area contributed by atoms with Crippen molar-refractivity contribution in [3.8, 4) is 5.75 Å². The Morgan fingerprint density at radius 3 is 1.62 bits per heavy atom. The molecule has 0 saturated heterocycles. The summed E-state index contributed by atoms with van der Waals surface area (Å²) in [5.74, 6) is -5.77. The highest BCUT2D eigenvalue weighted by molar-refractivity contribution is 14.1. The van der Waals surface area contributed by atoms with Gasteiger partial charge in [-0.3, -0.25) is 9.59 Å². The minimum atomic E-state index is -0.986. The van der Waals surface area contributed by atoms with Crippen molar-refractivity contribution >= 4 is 68.4 Å². The summed E-state index contributed by atoms with van der Waals surface area (Å²) < 4.78 is 62.0. The fraction of sp³-hybridized carbons (Fsp3) is 0.0476. The molecule has 0 fully saturated rings. The third-order valence-corrected chi connectivity index (χ3v) is 5.44. The number of hydrogen-bond acceptors (Lipinski definition) is 3. The summed E-state index contributed by atoms with van der Waals surface area (Å²) in [6.45, 7) is 0. The molecule has 0 aliphatic carbocycles. The van der Waals surface area contributed by atoms with E-state index in [9.17, 15) is 27.2 Å². The summed E-state index contributed by atoms with van der Waals surface area (Å²) >= 11 is 3.44. The van der Waals surface area contributed by atoms with E-state index in [1.165, 1.54) is 19.2 Å². The van der Waals surface area contributed by atoms with Crippen LogP contribution in [0.25, 0.3) is 0 Å².